The average Bonchev–Trinajstić information content (AvgIpc) is 2.44. The van der Waals surface area contributed by atoms with Gasteiger partial charge in [-0.2, -0.15) is 0 Å². The molecule has 0 radical (unpaired) electrons. The van der Waals surface area contributed by atoms with Gasteiger partial charge in [-0.15, -0.1) is 0 Å². The van der Waals surface area contributed by atoms with E-state index in [1.165, 1.54) is 0 Å². The largest absolute Gasteiger partial charge is 0.385 e. The van der Waals surface area contributed by atoms with Gasteiger partial charge >= 0.3 is 0 Å². The highest BCUT2D eigenvalue weighted by atomic mass is 16.3. The van der Waals surface area contributed by atoms with E-state index in [0.717, 1.165) is 31.5 Å². The number of aromatic nitrogens is 1. The summed E-state index contributed by atoms with van der Waals surface area (Å²) in [7, 11) is 0. The minimum atomic E-state index is -0.804. The van der Waals surface area contributed by atoms with Crippen LogP contribution in [0.1, 0.15) is 24.8 Å². The summed E-state index contributed by atoms with van der Waals surface area (Å²) in [5.41, 5.74) is 5.76. The van der Waals surface area contributed by atoms with Crippen LogP contribution in [-0.4, -0.2) is 23.2 Å². The Labute approximate surface area is 89.5 Å². The lowest BCUT2D eigenvalue weighted by atomic mass is 9.87. The molecule has 0 aromatic carbocycles. The van der Waals surface area contributed by atoms with Gasteiger partial charge in [0.15, 0.2) is 0 Å². The average molecular weight is 207 g/mol. The number of aliphatic hydroxyl groups is 1. The van der Waals surface area contributed by atoms with Gasteiger partial charge in [0.2, 0.25) is 0 Å². The molecular weight excluding hydrogens is 190 g/mol. The first kappa shape index (κ1) is 10.4. The van der Waals surface area contributed by atoms with Crippen LogP contribution in [0.15, 0.2) is 18.3 Å². The summed E-state index contributed by atoms with van der Waals surface area (Å²) >= 11 is 0. The molecular formula is C11H17N3O. The zero-order valence-corrected chi connectivity index (χ0v) is 8.74. The highest BCUT2D eigenvalue weighted by molar-refractivity contribution is 5.42. The van der Waals surface area contributed by atoms with Crippen LogP contribution in [-0.2, 0) is 5.60 Å². The van der Waals surface area contributed by atoms with Crippen molar-refractivity contribution >= 4 is 5.82 Å². The Hall–Kier alpha value is -1.13. The summed E-state index contributed by atoms with van der Waals surface area (Å²) in [6.07, 6.45) is 4.06. The Kier molecular flexibility index (Phi) is 2.88. The molecule has 0 aliphatic carbocycles. The van der Waals surface area contributed by atoms with Gasteiger partial charge in [0.25, 0.3) is 0 Å². The minimum absolute atomic E-state index is 0.446. The highest BCUT2D eigenvalue weighted by Gasteiger charge is 2.31. The van der Waals surface area contributed by atoms with E-state index in [-0.39, 0.29) is 0 Å². The SMILES string of the molecule is Nc1ncccc1C1(O)CCCNCC1. The second kappa shape index (κ2) is 4.16. The molecule has 1 aromatic heterocycles. The van der Waals surface area contributed by atoms with Crippen molar-refractivity contribution < 1.29 is 5.11 Å². The van der Waals surface area contributed by atoms with Gasteiger partial charge in [-0.25, -0.2) is 4.98 Å². The fraction of sp³-hybridized carbons (Fsp3) is 0.545. The highest BCUT2D eigenvalue weighted by Crippen LogP contribution is 2.33. The third kappa shape index (κ3) is 2.11. The number of hydrogen-bond acceptors (Lipinski definition) is 4. The fourth-order valence-corrected chi connectivity index (χ4v) is 2.13. The van der Waals surface area contributed by atoms with Gasteiger partial charge in [-0.1, -0.05) is 6.07 Å². The zero-order valence-electron chi connectivity index (χ0n) is 8.74. The van der Waals surface area contributed by atoms with Gasteiger partial charge < -0.3 is 16.2 Å². The molecule has 1 fully saturated rings. The van der Waals surface area contributed by atoms with Crippen molar-refractivity contribution in [3.63, 3.8) is 0 Å². The van der Waals surface area contributed by atoms with Gasteiger partial charge in [0.05, 0.1) is 5.60 Å². The molecule has 2 heterocycles. The van der Waals surface area contributed by atoms with Gasteiger partial charge in [0.1, 0.15) is 5.82 Å². The molecule has 0 amide bonds. The second-order valence-electron chi connectivity index (χ2n) is 4.07. The number of nitrogens with one attached hydrogen (secondary N) is 1. The Balaban J connectivity index is 2.30. The summed E-state index contributed by atoms with van der Waals surface area (Å²) < 4.78 is 0. The molecule has 82 valence electrons. The number of nitrogen functional groups attached to an aromatic ring is 1. The van der Waals surface area contributed by atoms with Gasteiger partial charge in [0, 0.05) is 11.8 Å². The summed E-state index contributed by atoms with van der Waals surface area (Å²) in [5, 5.41) is 13.8. The Morgan fingerprint density at radius 3 is 3.07 bits per heavy atom. The molecule has 1 aliphatic heterocycles. The third-order valence-electron chi connectivity index (χ3n) is 3.00. The standard InChI is InChI=1S/C11H17N3O/c12-10-9(3-1-7-14-10)11(15)4-2-6-13-8-5-11/h1,3,7,13,15H,2,4-6,8H2,(H2,12,14). The van der Waals surface area contributed by atoms with Crippen molar-refractivity contribution in [2.75, 3.05) is 18.8 Å². The Bertz CT molecular complexity index is 332. The van der Waals surface area contributed by atoms with Crippen LogP contribution in [0.5, 0.6) is 0 Å². The van der Waals surface area contributed by atoms with Crippen molar-refractivity contribution in [3.8, 4) is 0 Å². The van der Waals surface area contributed by atoms with Gasteiger partial charge in [-0.05, 0) is 38.4 Å². The van der Waals surface area contributed by atoms with E-state index in [0.29, 0.717) is 12.2 Å². The number of nitrogens with zero attached hydrogens (tertiary/aromatic N) is 1. The lowest BCUT2D eigenvalue weighted by Gasteiger charge is -2.27. The van der Waals surface area contributed by atoms with Crippen molar-refractivity contribution in [1.82, 2.24) is 10.3 Å². The zero-order chi connectivity index (χ0) is 10.7. The number of pyridine rings is 1. The molecule has 1 saturated heterocycles. The van der Waals surface area contributed by atoms with Crippen molar-refractivity contribution in [2.45, 2.75) is 24.9 Å². The molecule has 0 saturated carbocycles. The smallest absolute Gasteiger partial charge is 0.129 e. The number of anilines is 1. The van der Waals surface area contributed by atoms with Crippen LogP contribution in [0.3, 0.4) is 0 Å². The molecule has 4 nitrogen and oxygen atoms in total. The van der Waals surface area contributed by atoms with Crippen LogP contribution in [0.4, 0.5) is 5.82 Å². The summed E-state index contributed by atoms with van der Waals surface area (Å²) in [6, 6.07) is 3.69. The minimum Gasteiger partial charge on any atom is -0.385 e. The molecule has 0 bridgehead atoms. The first-order chi connectivity index (χ1) is 7.22. The van der Waals surface area contributed by atoms with Crippen molar-refractivity contribution in [3.05, 3.63) is 23.9 Å². The lowest BCUT2D eigenvalue weighted by molar-refractivity contribution is 0.0245. The van der Waals surface area contributed by atoms with E-state index in [1.54, 1.807) is 6.20 Å². The molecule has 2 rings (SSSR count). The first-order valence-electron chi connectivity index (χ1n) is 5.36. The van der Waals surface area contributed by atoms with Crippen LogP contribution in [0.25, 0.3) is 0 Å². The molecule has 0 spiro atoms. The maximum absolute atomic E-state index is 10.5. The molecule has 1 unspecified atom stereocenters. The fourth-order valence-electron chi connectivity index (χ4n) is 2.13. The molecule has 4 N–H and O–H groups in total. The van der Waals surface area contributed by atoms with Crippen LogP contribution in [0.2, 0.25) is 0 Å². The van der Waals surface area contributed by atoms with E-state index in [9.17, 15) is 5.11 Å². The quantitative estimate of drug-likeness (QED) is 0.631. The van der Waals surface area contributed by atoms with Crippen molar-refractivity contribution in [1.29, 1.82) is 0 Å². The molecule has 1 aliphatic rings. The van der Waals surface area contributed by atoms with E-state index in [1.807, 2.05) is 12.1 Å². The summed E-state index contributed by atoms with van der Waals surface area (Å²) in [5.74, 6) is 0.446. The lowest BCUT2D eigenvalue weighted by Crippen LogP contribution is -2.28. The second-order valence-corrected chi connectivity index (χ2v) is 4.07. The number of nitrogens with two attached hydrogens (primary N) is 1. The van der Waals surface area contributed by atoms with Gasteiger partial charge in [-0.3, -0.25) is 0 Å². The van der Waals surface area contributed by atoms with E-state index in [4.69, 9.17) is 5.73 Å². The van der Waals surface area contributed by atoms with Crippen LogP contribution < -0.4 is 11.1 Å². The van der Waals surface area contributed by atoms with Crippen LogP contribution >= 0.6 is 0 Å². The predicted molar refractivity (Wildman–Crippen MR) is 59.3 cm³/mol. The van der Waals surface area contributed by atoms with Crippen molar-refractivity contribution in [2.24, 2.45) is 0 Å². The monoisotopic (exact) mass is 207 g/mol. The Morgan fingerprint density at radius 1 is 1.40 bits per heavy atom. The van der Waals surface area contributed by atoms with Crippen LogP contribution in [0, 0.1) is 0 Å². The van der Waals surface area contributed by atoms with E-state index >= 15 is 0 Å². The number of hydrogen-bond donors (Lipinski definition) is 3. The predicted octanol–water partition coefficient (Wildman–Crippen LogP) is 0.625. The molecule has 1 aromatic rings. The maximum Gasteiger partial charge on any atom is 0.129 e. The molecule has 4 heteroatoms. The first-order valence-corrected chi connectivity index (χ1v) is 5.36. The molecule has 1 atom stereocenters. The normalized spacial score (nSPS) is 27.3. The number of rotatable bonds is 1. The maximum atomic E-state index is 10.5. The molecule has 15 heavy (non-hydrogen) atoms. The third-order valence-corrected chi connectivity index (χ3v) is 3.00. The van der Waals surface area contributed by atoms with E-state index in [2.05, 4.69) is 10.3 Å². The topological polar surface area (TPSA) is 71.2 Å². The summed E-state index contributed by atoms with van der Waals surface area (Å²) in [4.78, 5) is 4.03. The summed E-state index contributed by atoms with van der Waals surface area (Å²) in [6.45, 7) is 1.79. The Morgan fingerprint density at radius 2 is 2.27 bits per heavy atom. The van der Waals surface area contributed by atoms with E-state index < -0.39 is 5.60 Å².